The molecule has 1 saturated carbocycles. The van der Waals surface area contributed by atoms with Crippen LogP contribution >= 0.6 is 0 Å². The number of hydrogen-bond donors (Lipinski definition) is 1. The lowest BCUT2D eigenvalue weighted by molar-refractivity contribution is -0.132. The number of methoxy groups -OCH3 is 1. The Labute approximate surface area is 109 Å². The average Bonchev–Trinajstić information content (AvgIpc) is 2.97. The van der Waals surface area contributed by atoms with Crippen molar-refractivity contribution in [3.63, 3.8) is 0 Å². The first-order valence-electron chi connectivity index (χ1n) is 6.90. The fourth-order valence-electron chi connectivity index (χ4n) is 2.85. The standard InChI is InChI=1S/C13H24N2O3/c1-17-9-10-18-8-4-7-15-11-14-13(12(15)16)5-2-3-6-13/h14H,2-11H2,1H3. The van der Waals surface area contributed by atoms with Crippen molar-refractivity contribution in [3.8, 4) is 0 Å². The average molecular weight is 256 g/mol. The Kier molecular flexibility index (Phi) is 4.97. The van der Waals surface area contributed by atoms with Crippen molar-refractivity contribution in [3.05, 3.63) is 0 Å². The van der Waals surface area contributed by atoms with Crippen molar-refractivity contribution < 1.29 is 14.3 Å². The first-order chi connectivity index (χ1) is 8.78. The molecule has 0 atom stereocenters. The fourth-order valence-corrected chi connectivity index (χ4v) is 2.85. The topological polar surface area (TPSA) is 50.8 Å². The SMILES string of the molecule is COCCOCCCN1CNC2(CCCC2)C1=O. The minimum Gasteiger partial charge on any atom is -0.382 e. The van der Waals surface area contributed by atoms with Gasteiger partial charge in [0.25, 0.3) is 0 Å². The van der Waals surface area contributed by atoms with Crippen LogP contribution in [0.5, 0.6) is 0 Å². The lowest BCUT2D eigenvalue weighted by Gasteiger charge is -2.21. The Balaban J connectivity index is 1.64. The Morgan fingerprint density at radius 2 is 2.06 bits per heavy atom. The number of rotatable bonds is 7. The molecule has 104 valence electrons. The van der Waals surface area contributed by atoms with Crippen LogP contribution in [-0.4, -0.2) is 56.5 Å². The second-order valence-electron chi connectivity index (χ2n) is 5.15. The molecule has 18 heavy (non-hydrogen) atoms. The zero-order chi connectivity index (χ0) is 12.8. The van der Waals surface area contributed by atoms with E-state index in [0.717, 1.165) is 25.8 Å². The van der Waals surface area contributed by atoms with Gasteiger partial charge in [-0.2, -0.15) is 0 Å². The monoisotopic (exact) mass is 256 g/mol. The molecule has 0 radical (unpaired) electrons. The van der Waals surface area contributed by atoms with Crippen molar-refractivity contribution in [1.82, 2.24) is 10.2 Å². The van der Waals surface area contributed by atoms with Crippen molar-refractivity contribution >= 4 is 5.91 Å². The maximum absolute atomic E-state index is 12.3. The molecule has 0 bridgehead atoms. The quantitative estimate of drug-likeness (QED) is 0.683. The summed E-state index contributed by atoms with van der Waals surface area (Å²) in [6, 6.07) is 0. The molecule has 1 heterocycles. The molecule has 5 nitrogen and oxygen atoms in total. The van der Waals surface area contributed by atoms with Crippen LogP contribution in [0.1, 0.15) is 32.1 Å². The molecule has 2 aliphatic rings. The van der Waals surface area contributed by atoms with Gasteiger partial charge in [0.15, 0.2) is 0 Å². The number of carbonyl (C=O) groups is 1. The molecule has 0 aromatic heterocycles. The van der Waals surface area contributed by atoms with Gasteiger partial charge in [0.05, 0.1) is 25.4 Å². The zero-order valence-corrected chi connectivity index (χ0v) is 11.2. The smallest absolute Gasteiger partial charge is 0.243 e. The van der Waals surface area contributed by atoms with Gasteiger partial charge >= 0.3 is 0 Å². The molecule has 2 rings (SSSR count). The Morgan fingerprint density at radius 1 is 1.28 bits per heavy atom. The van der Waals surface area contributed by atoms with Crippen molar-refractivity contribution in [1.29, 1.82) is 0 Å². The van der Waals surface area contributed by atoms with Crippen LogP contribution in [0.25, 0.3) is 0 Å². The minimum absolute atomic E-state index is 0.211. The molecule has 0 aromatic carbocycles. The molecule has 1 N–H and O–H groups in total. The van der Waals surface area contributed by atoms with Gasteiger partial charge < -0.3 is 14.4 Å². The summed E-state index contributed by atoms with van der Waals surface area (Å²) in [7, 11) is 1.67. The highest BCUT2D eigenvalue weighted by atomic mass is 16.5. The highest BCUT2D eigenvalue weighted by Crippen LogP contribution is 2.34. The van der Waals surface area contributed by atoms with Crippen LogP contribution in [0.2, 0.25) is 0 Å². The number of hydrogen-bond acceptors (Lipinski definition) is 4. The third-order valence-corrected chi connectivity index (χ3v) is 3.91. The van der Waals surface area contributed by atoms with Crippen LogP contribution in [-0.2, 0) is 14.3 Å². The molecule has 0 unspecified atom stereocenters. The molecule has 2 fully saturated rings. The van der Waals surface area contributed by atoms with Gasteiger partial charge in [0.1, 0.15) is 0 Å². The van der Waals surface area contributed by atoms with E-state index < -0.39 is 0 Å². The maximum atomic E-state index is 12.3. The third kappa shape index (κ3) is 3.02. The predicted molar refractivity (Wildman–Crippen MR) is 68.2 cm³/mol. The molecule has 5 heteroatoms. The highest BCUT2D eigenvalue weighted by Gasteiger charge is 2.47. The second-order valence-corrected chi connectivity index (χ2v) is 5.15. The number of ether oxygens (including phenoxy) is 2. The van der Waals surface area contributed by atoms with E-state index >= 15 is 0 Å². The van der Waals surface area contributed by atoms with Crippen LogP contribution in [0.3, 0.4) is 0 Å². The maximum Gasteiger partial charge on any atom is 0.243 e. The molecular formula is C13H24N2O3. The number of nitrogens with zero attached hydrogens (tertiary/aromatic N) is 1. The van der Waals surface area contributed by atoms with Crippen LogP contribution < -0.4 is 5.32 Å². The second kappa shape index (κ2) is 6.50. The van der Waals surface area contributed by atoms with Gasteiger partial charge in [0, 0.05) is 20.3 Å². The summed E-state index contributed by atoms with van der Waals surface area (Å²) in [5.74, 6) is 0.303. The summed E-state index contributed by atoms with van der Waals surface area (Å²) < 4.78 is 10.3. The molecule has 1 aliphatic heterocycles. The molecular weight excluding hydrogens is 232 g/mol. The molecule has 1 saturated heterocycles. The van der Waals surface area contributed by atoms with E-state index in [4.69, 9.17) is 9.47 Å². The lowest BCUT2D eigenvalue weighted by atomic mass is 9.98. The van der Waals surface area contributed by atoms with Gasteiger partial charge in [-0.05, 0) is 19.3 Å². The van der Waals surface area contributed by atoms with Gasteiger partial charge in [0.2, 0.25) is 5.91 Å². The Bertz CT molecular complexity index is 277. The van der Waals surface area contributed by atoms with Crippen LogP contribution in [0.15, 0.2) is 0 Å². The summed E-state index contributed by atoms with van der Waals surface area (Å²) >= 11 is 0. The number of carbonyl (C=O) groups excluding carboxylic acids is 1. The van der Waals surface area contributed by atoms with Gasteiger partial charge in [-0.3, -0.25) is 10.1 Å². The normalized spacial score (nSPS) is 22.3. The molecule has 1 spiro atoms. The summed E-state index contributed by atoms with van der Waals surface area (Å²) in [4.78, 5) is 14.2. The Morgan fingerprint density at radius 3 is 2.78 bits per heavy atom. The largest absolute Gasteiger partial charge is 0.382 e. The van der Waals surface area contributed by atoms with E-state index in [1.807, 2.05) is 4.90 Å². The van der Waals surface area contributed by atoms with E-state index in [1.54, 1.807) is 7.11 Å². The van der Waals surface area contributed by atoms with Crippen LogP contribution in [0.4, 0.5) is 0 Å². The van der Waals surface area contributed by atoms with Crippen molar-refractivity contribution in [2.24, 2.45) is 0 Å². The highest BCUT2D eigenvalue weighted by molar-refractivity contribution is 5.88. The Hall–Kier alpha value is -0.650. The fraction of sp³-hybridized carbons (Fsp3) is 0.923. The molecule has 1 amide bonds. The zero-order valence-electron chi connectivity index (χ0n) is 11.2. The number of amides is 1. The number of nitrogens with one attached hydrogen (secondary N) is 1. The summed E-state index contributed by atoms with van der Waals surface area (Å²) in [5, 5.41) is 3.41. The van der Waals surface area contributed by atoms with Gasteiger partial charge in [-0.15, -0.1) is 0 Å². The first-order valence-corrected chi connectivity index (χ1v) is 6.90. The molecule has 0 aromatic rings. The molecule has 1 aliphatic carbocycles. The van der Waals surface area contributed by atoms with E-state index in [2.05, 4.69) is 5.32 Å². The van der Waals surface area contributed by atoms with Crippen molar-refractivity contribution in [2.75, 3.05) is 40.1 Å². The predicted octanol–water partition coefficient (Wildman–Crippen LogP) is 0.742. The van der Waals surface area contributed by atoms with E-state index in [9.17, 15) is 4.79 Å². The van der Waals surface area contributed by atoms with E-state index in [0.29, 0.717) is 32.4 Å². The first kappa shape index (κ1) is 13.8. The van der Waals surface area contributed by atoms with Crippen LogP contribution in [0, 0.1) is 0 Å². The summed E-state index contributed by atoms with van der Waals surface area (Å²) in [6.45, 7) is 3.46. The van der Waals surface area contributed by atoms with E-state index in [1.165, 1.54) is 12.8 Å². The third-order valence-electron chi connectivity index (χ3n) is 3.91. The summed E-state index contributed by atoms with van der Waals surface area (Å²) in [5.41, 5.74) is -0.211. The van der Waals surface area contributed by atoms with Gasteiger partial charge in [-0.25, -0.2) is 0 Å². The van der Waals surface area contributed by atoms with Gasteiger partial charge in [-0.1, -0.05) is 12.8 Å². The summed E-state index contributed by atoms with van der Waals surface area (Å²) in [6.07, 6.45) is 5.26. The van der Waals surface area contributed by atoms with E-state index in [-0.39, 0.29) is 5.54 Å². The minimum atomic E-state index is -0.211. The van der Waals surface area contributed by atoms with Crippen molar-refractivity contribution in [2.45, 2.75) is 37.6 Å². The lowest BCUT2D eigenvalue weighted by Crippen LogP contribution is -2.44.